The van der Waals surface area contributed by atoms with E-state index in [-0.39, 0.29) is 5.91 Å². The van der Waals surface area contributed by atoms with Crippen molar-refractivity contribution in [2.45, 2.75) is 6.92 Å². The van der Waals surface area contributed by atoms with Crippen LogP contribution < -0.4 is 0 Å². The van der Waals surface area contributed by atoms with E-state index < -0.39 is 0 Å². The highest BCUT2D eigenvalue weighted by atomic mass is 16.2. The van der Waals surface area contributed by atoms with Gasteiger partial charge in [-0.2, -0.15) is 0 Å². The monoisotopic (exact) mass is 270 g/mol. The number of aromatic nitrogens is 2. The van der Waals surface area contributed by atoms with Crippen molar-refractivity contribution < 1.29 is 4.79 Å². The maximum atomic E-state index is 12.4. The Bertz CT molecular complexity index is 620. The van der Waals surface area contributed by atoms with Gasteiger partial charge in [0, 0.05) is 26.2 Å². The number of para-hydroxylation sites is 2. The highest BCUT2D eigenvalue weighted by molar-refractivity contribution is 5.93. The SMILES string of the molecule is CCN1CCN(C(=O)c2cnc3ccccc3n2)CC1. The van der Waals surface area contributed by atoms with Crippen molar-refractivity contribution in [2.75, 3.05) is 32.7 Å². The lowest BCUT2D eigenvalue weighted by Crippen LogP contribution is -2.48. The number of rotatable bonds is 2. The fourth-order valence-corrected chi connectivity index (χ4v) is 2.49. The van der Waals surface area contributed by atoms with Crippen molar-refractivity contribution in [3.05, 3.63) is 36.2 Å². The van der Waals surface area contributed by atoms with Gasteiger partial charge in [-0.05, 0) is 18.7 Å². The molecule has 0 aliphatic carbocycles. The molecule has 20 heavy (non-hydrogen) atoms. The summed E-state index contributed by atoms with van der Waals surface area (Å²) in [5.74, 6) is -0.0148. The third-order valence-electron chi connectivity index (χ3n) is 3.77. The highest BCUT2D eigenvalue weighted by Gasteiger charge is 2.22. The van der Waals surface area contributed by atoms with Crippen molar-refractivity contribution in [3.63, 3.8) is 0 Å². The Morgan fingerprint density at radius 2 is 1.85 bits per heavy atom. The molecule has 3 rings (SSSR count). The molecule has 0 unspecified atom stereocenters. The van der Waals surface area contributed by atoms with E-state index in [1.54, 1.807) is 6.20 Å². The second-order valence-electron chi connectivity index (χ2n) is 4.97. The molecule has 0 radical (unpaired) electrons. The van der Waals surface area contributed by atoms with Gasteiger partial charge in [0.25, 0.3) is 5.91 Å². The zero-order valence-corrected chi connectivity index (χ0v) is 11.6. The summed E-state index contributed by atoms with van der Waals surface area (Å²) < 4.78 is 0. The molecule has 0 bridgehead atoms. The van der Waals surface area contributed by atoms with E-state index in [2.05, 4.69) is 21.8 Å². The molecule has 1 aliphatic rings. The Labute approximate surface area is 118 Å². The fourth-order valence-electron chi connectivity index (χ4n) is 2.49. The van der Waals surface area contributed by atoms with Crippen LogP contribution in [0.3, 0.4) is 0 Å². The number of likely N-dealkylation sites (N-methyl/N-ethyl adjacent to an activating group) is 1. The van der Waals surface area contributed by atoms with Crippen molar-refractivity contribution >= 4 is 16.9 Å². The largest absolute Gasteiger partial charge is 0.335 e. The Balaban J connectivity index is 1.79. The summed E-state index contributed by atoms with van der Waals surface area (Å²) in [7, 11) is 0. The standard InChI is InChI=1S/C15H18N4O/c1-2-18-7-9-19(10-8-18)15(20)14-11-16-12-5-3-4-6-13(12)17-14/h3-6,11H,2,7-10H2,1H3. The van der Waals surface area contributed by atoms with Gasteiger partial charge < -0.3 is 9.80 Å². The number of hydrogen-bond donors (Lipinski definition) is 0. The van der Waals surface area contributed by atoms with E-state index >= 15 is 0 Å². The second-order valence-corrected chi connectivity index (χ2v) is 4.97. The molecule has 0 N–H and O–H groups in total. The molecule has 1 aliphatic heterocycles. The van der Waals surface area contributed by atoms with Crippen LogP contribution in [0.5, 0.6) is 0 Å². The van der Waals surface area contributed by atoms with Gasteiger partial charge in [-0.15, -0.1) is 0 Å². The Hall–Kier alpha value is -2.01. The van der Waals surface area contributed by atoms with Crippen molar-refractivity contribution in [3.8, 4) is 0 Å². The minimum atomic E-state index is -0.0148. The lowest BCUT2D eigenvalue weighted by atomic mass is 10.2. The molecule has 1 amide bonds. The van der Waals surface area contributed by atoms with Crippen molar-refractivity contribution in [2.24, 2.45) is 0 Å². The molecule has 1 aromatic carbocycles. The van der Waals surface area contributed by atoms with Gasteiger partial charge in [-0.25, -0.2) is 4.98 Å². The first-order chi connectivity index (χ1) is 9.78. The number of amides is 1. The summed E-state index contributed by atoms with van der Waals surface area (Å²) in [6.45, 7) is 6.58. The van der Waals surface area contributed by atoms with E-state index in [9.17, 15) is 4.79 Å². The summed E-state index contributed by atoms with van der Waals surface area (Å²) in [5, 5.41) is 0. The van der Waals surface area contributed by atoms with Gasteiger partial charge in [0.15, 0.2) is 0 Å². The molecule has 1 fully saturated rings. The molecule has 0 spiro atoms. The molecular weight excluding hydrogens is 252 g/mol. The average Bonchev–Trinajstić information content (AvgIpc) is 2.54. The lowest BCUT2D eigenvalue weighted by Gasteiger charge is -2.33. The predicted molar refractivity (Wildman–Crippen MR) is 77.6 cm³/mol. The Morgan fingerprint density at radius 3 is 2.55 bits per heavy atom. The minimum absolute atomic E-state index is 0.0148. The number of hydrogen-bond acceptors (Lipinski definition) is 4. The molecule has 2 heterocycles. The smallest absolute Gasteiger partial charge is 0.274 e. The van der Waals surface area contributed by atoms with Gasteiger partial charge in [-0.1, -0.05) is 19.1 Å². The summed E-state index contributed by atoms with van der Waals surface area (Å²) in [5.41, 5.74) is 2.03. The van der Waals surface area contributed by atoms with E-state index in [1.165, 1.54) is 0 Å². The molecule has 1 aromatic heterocycles. The Morgan fingerprint density at radius 1 is 1.15 bits per heavy atom. The molecule has 0 atom stereocenters. The van der Waals surface area contributed by atoms with Crippen molar-refractivity contribution in [1.82, 2.24) is 19.8 Å². The van der Waals surface area contributed by atoms with Crippen molar-refractivity contribution in [1.29, 1.82) is 0 Å². The van der Waals surface area contributed by atoms with Gasteiger partial charge in [0.05, 0.1) is 17.2 Å². The normalized spacial score (nSPS) is 16.6. The van der Waals surface area contributed by atoms with E-state index in [0.717, 1.165) is 43.8 Å². The maximum Gasteiger partial charge on any atom is 0.274 e. The maximum absolute atomic E-state index is 12.4. The van der Waals surface area contributed by atoms with Gasteiger partial charge in [0.2, 0.25) is 0 Å². The summed E-state index contributed by atoms with van der Waals surface area (Å²) in [4.78, 5) is 25.4. The van der Waals surface area contributed by atoms with Gasteiger partial charge in [-0.3, -0.25) is 9.78 Å². The average molecular weight is 270 g/mol. The highest BCUT2D eigenvalue weighted by Crippen LogP contribution is 2.11. The summed E-state index contributed by atoms with van der Waals surface area (Å²) in [6, 6.07) is 7.61. The zero-order valence-electron chi connectivity index (χ0n) is 11.6. The number of carbonyl (C=O) groups excluding carboxylic acids is 1. The molecule has 2 aromatic rings. The van der Waals surface area contributed by atoms with Crippen LogP contribution in [0.4, 0.5) is 0 Å². The minimum Gasteiger partial charge on any atom is -0.335 e. The number of fused-ring (bicyclic) bond motifs is 1. The van der Waals surface area contributed by atoms with Crippen LogP contribution in [0, 0.1) is 0 Å². The molecule has 104 valence electrons. The molecular formula is C15H18N4O. The number of benzene rings is 1. The molecule has 5 nitrogen and oxygen atoms in total. The van der Waals surface area contributed by atoms with E-state index in [1.807, 2.05) is 29.2 Å². The van der Waals surface area contributed by atoms with Crippen LogP contribution in [0.15, 0.2) is 30.5 Å². The van der Waals surface area contributed by atoms with Crippen LogP contribution in [0.25, 0.3) is 11.0 Å². The van der Waals surface area contributed by atoms with E-state index in [0.29, 0.717) is 5.69 Å². The summed E-state index contributed by atoms with van der Waals surface area (Å²) in [6.07, 6.45) is 1.58. The first-order valence-corrected chi connectivity index (χ1v) is 7.01. The van der Waals surface area contributed by atoms with E-state index in [4.69, 9.17) is 0 Å². The van der Waals surface area contributed by atoms with Gasteiger partial charge in [0.1, 0.15) is 5.69 Å². The first-order valence-electron chi connectivity index (χ1n) is 7.01. The topological polar surface area (TPSA) is 49.3 Å². The lowest BCUT2D eigenvalue weighted by molar-refractivity contribution is 0.0637. The van der Waals surface area contributed by atoms with Crippen LogP contribution in [-0.2, 0) is 0 Å². The molecule has 5 heteroatoms. The Kier molecular flexibility index (Phi) is 3.60. The molecule has 0 saturated carbocycles. The zero-order chi connectivity index (χ0) is 13.9. The second kappa shape index (κ2) is 5.54. The third-order valence-corrected chi connectivity index (χ3v) is 3.77. The number of carbonyl (C=O) groups is 1. The van der Waals surface area contributed by atoms with Crippen LogP contribution in [-0.4, -0.2) is 58.4 Å². The quantitative estimate of drug-likeness (QED) is 0.828. The summed E-state index contributed by atoms with van der Waals surface area (Å²) >= 11 is 0. The van der Waals surface area contributed by atoms with Crippen LogP contribution in [0.2, 0.25) is 0 Å². The first kappa shape index (κ1) is 13.0. The van der Waals surface area contributed by atoms with Crippen LogP contribution >= 0.6 is 0 Å². The fraction of sp³-hybridized carbons (Fsp3) is 0.400. The number of nitrogens with zero attached hydrogens (tertiary/aromatic N) is 4. The third kappa shape index (κ3) is 2.49. The molecule has 1 saturated heterocycles. The van der Waals surface area contributed by atoms with Gasteiger partial charge >= 0.3 is 0 Å². The number of piperazine rings is 1. The predicted octanol–water partition coefficient (Wildman–Crippen LogP) is 1.41. The van der Waals surface area contributed by atoms with Crippen LogP contribution in [0.1, 0.15) is 17.4 Å².